The quantitative estimate of drug-likeness (QED) is 0.499. The summed E-state index contributed by atoms with van der Waals surface area (Å²) in [6.07, 6.45) is 3.87. The summed E-state index contributed by atoms with van der Waals surface area (Å²) in [7, 11) is 0. The van der Waals surface area contributed by atoms with Crippen LogP contribution >= 0.6 is 23.4 Å². The lowest BCUT2D eigenvalue weighted by atomic mass is 10.1. The van der Waals surface area contributed by atoms with E-state index in [0.717, 1.165) is 34.9 Å². The molecule has 2 aromatic carbocycles. The van der Waals surface area contributed by atoms with Crippen molar-refractivity contribution in [2.75, 3.05) is 23.7 Å². The summed E-state index contributed by atoms with van der Waals surface area (Å²) < 4.78 is 0. The summed E-state index contributed by atoms with van der Waals surface area (Å²) >= 11 is 7.48. The smallest absolute Gasteiger partial charge is 0.230 e. The highest BCUT2D eigenvalue weighted by atomic mass is 35.5. The second-order valence-electron chi connectivity index (χ2n) is 7.51. The van der Waals surface area contributed by atoms with Crippen molar-refractivity contribution in [1.29, 1.82) is 0 Å². The molecule has 1 amide bonds. The van der Waals surface area contributed by atoms with Gasteiger partial charge in [0.15, 0.2) is 0 Å². The van der Waals surface area contributed by atoms with Crippen molar-refractivity contribution in [1.82, 2.24) is 15.5 Å². The van der Waals surface area contributed by atoms with E-state index >= 15 is 0 Å². The molecule has 1 saturated heterocycles. The zero-order chi connectivity index (χ0) is 21.5. The predicted molar refractivity (Wildman–Crippen MR) is 128 cm³/mol. The number of amides is 1. The molecule has 1 aliphatic rings. The highest BCUT2D eigenvalue weighted by molar-refractivity contribution is 7.99. The van der Waals surface area contributed by atoms with E-state index < -0.39 is 0 Å². The second-order valence-corrected chi connectivity index (χ2v) is 8.91. The van der Waals surface area contributed by atoms with Crippen LogP contribution in [0, 0.1) is 0 Å². The number of thioether (sulfide) groups is 1. The molecule has 1 fully saturated rings. The highest BCUT2D eigenvalue weighted by Crippen LogP contribution is 2.25. The minimum absolute atomic E-state index is 0.0657. The lowest BCUT2D eigenvalue weighted by molar-refractivity contribution is -0.118. The molecule has 7 heteroatoms. The van der Waals surface area contributed by atoms with Crippen molar-refractivity contribution in [3.63, 3.8) is 0 Å². The fourth-order valence-electron chi connectivity index (χ4n) is 3.57. The SMILES string of the molecule is O=C(CSc1ccc(-c2ccc(N3CCCCC3)cc2)nn1)NCc1ccccc1Cl. The average Bonchev–Trinajstić information content (AvgIpc) is 2.83. The topological polar surface area (TPSA) is 58.1 Å². The normalized spacial score (nSPS) is 13.8. The number of halogens is 1. The number of carbonyl (C=O) groups excluding carboxylic acids is 1. The summed E-state index contributed by atoms with van der Waals surface area (Å²) in [5.41, 5.74) is 4.05. The molecule has 3 aromatic rings. The van der Waals surface area contributed by atoms with E-state index in [1.165, 1.54) is 36.7 Å². The number of hydrogen-bond acceptors (Lipinski definition) is 5. The monoisotopic (exact) mass is 452 g/mol. The van der Waals surface area contributed by atoms with E-state index in [1.807, 2.05) is 36.4 Å². The lowest BCUT2D eigenvalue weighted by Gasteiger charge is -2.28. The summed E-state index contributed by atoms with van der Waals surface area (Å²) in [6.45, 7) is 2.69. The molecular formula is C24H25ClN4OS. The van der Waals surface area contributed by atoms with E-state index in [9.17, 15) is 4.79 Å². The molecular weight excluding hydrogens is 428 g/mol. The first-order valence-electron chi connectivity index (χ1n) is 10.5. The van der Waals surface area contributed by atoms with Gasteiger partial charge in [0.1, 0.15) is 5.03 Å². The second kappa shape index (κ2) is 10.6. The van der Waals surface area contributed by atoms with Crippen molar-refractivity contribution in [3.05, 3.63) is 71.2 Å². The van der Waals surface area contributed by atoms with Gasteiger partial charge in [-0.1, -0.05) is 53.7 Å². The molecule has 0 saturated carbocycles. The molecule has 1 N–H and O–H groups in total. The molecule has 0 atom stereocenters. The number of nitrogens with one attached hydrogen (secondary N) is 1. The number of anilines is 1. The van der Waals surface area contributed by atoms with Gasteiger partial charge in [0.05, 0.1) is 11.4 Å². The van der Waals surface area contributed by atoms with Crippen LogP contribution in [0.1, 0.15) is 24.8 Å². The van der Waals surface area contributed by atoms with Crippen LogP contribution in [0.2, 0.25) is 5.02 Å². The van der Waals surface area contributed by atoms with Crippen molar-refractivity contribution in [2.45, 2.75) is 30.8 Å². The van der Waals surface area contributed by atoms with Crippen LogP contribution in [0.3, 0.4) is 0 Å². The Morgan fingerprint density at radius 1 is 0.968 bits per heavy atom. The van der Waals surface area contributed by atoms with Crippen LogP contribution < -0.4 is 10.2 Å². The molecule has 0 bridgehead atoms. The van der Waals surface area contributed by atoms with E-state index in [-0.39, 0.29) is 11.7 Å². The number of aromatic nitrogens is 2. The Morgan fingerprint density at radius 2 is 1.74 bits per heavy atom. The first-order chi connectivity index (χ1) is 15.2. The minimum Gasteiger partial charge on any atom is -0.372 e. The number of hydrogen-bond donors (Lipinski definition) is 1. The number of piperidine rings is 1. The van der Waals surface area contributed by atoms with Gasteiger partial charge in [-0.2, -0.15) is 0 Å². The van der Waals surface area contributed by atoms with Gasteiger partial charge >= 0.3 is 0 Å². The molecule has 160 valence electrons. The van der Waals surface area contributed by atoms with Crippen LogP contribution in [0.25, 0.3) is 11.3 Å². The van der Waals surface area contributed by atoms with Gasteiger partial charge in [0.25, 0.3) is 0 Å². The Hall–Kier alpha value is -2.57. The molecule has 4 rings (SSSR count). The molecule has 0 spiro atoms. The van der Waals surface area contributed by atoms with Crippen molar-refractivity contribution >= 4 is 35.0 Å². The number of benzene rings is 2. The maximum absolute atomic E-state index is 12.1. The first-order valence-corrected chi connectivity index (χ1v) is 11.9. The van der Waals surface area contributed by atoms with Gasteiger partial charge in [-0.05, 0) is 55.2 Å². The molecule has 1 aliphatic heterocycles. The maximum atomic E-state index is 12.1. The summed E-state index contributed by atoms with van der Waals surface area (Å²) in [4.78, 5) is 14.6. The highest BCUT2D eigenvalue weighted by Gasteiger charge is 2.11. The first kappa shape index (κ1) is 21.7. The molecule has 31 heavy (non-hydrogen) atoms. The zero-order valence-electron chi connectivity index (χ0n) is 17.3. The summed E-state index contributed by atoms with van der Waals surface area (Å²) in [6, 6.07) is 19.9. The zero-order valence-corrected chi connectivity index (χ0v) is 18.8. The Balaban J connectivity index is 1.28. The number of rotatable bonds is 7. The van der Waals surface area contributed by atoms with Crippen LogP contribution in [0.15, 0.2) is 65.7 Å². The fraction of sp³-hybridized carbons (Fsp3) is 0.292. The molecule has 0 unspecified atom stereocenters. The number of carbonyl (C=O) groups is 1. The van der Waals surface area contributed by atoms with Crippen molar-refractivity contribution < 1.29 is 4.79 Å². The lowest BCUT2D eigenvalue weighted by Crippen LogP contribution is -2.29. The van der Waals surface area contributed by atoms with Crippen LogP contribution in [-0.2, 0) is 11.3 Å². The van der Waals surface area contributed by atoms with Crippen molar-refractivity contribution in [3.8, 4) is 11.3 Å². The van der Waals surface area contributed by atoms with Gasteiger partial charge in [0.2, 0.25) is 5.91 Å². The Kier molecular flexibility index (Phi) is 7.43. The van der Waals surface area contributed by atoms with E-state index in [1.54, 1.807) is 0 Å². The van der Waals surface area contributed by atoms with Gasteiger partial charge in [-0.15, -0.1) is 10.2 Å². The third-order valence-electron chi connectivity index (χ3n) is 5.31. The molecule has 0 radical (unpaired) electrons. The van der Waals surface area contributed by atoms with Gasteiger partial charge in [-0.3, -0.25) is 4.79 Å². The van der Waals surface area contributed by atoms with E-state index in [2.05, 4.69) is 44.7 Å². The maximum Gasteiger partial charge on any atom is 0.230 e. The number of nitrogens with zero attached hydrogens (tertiary/aromatic N) is 3. The Morgan fingerprint density at radius 3 is 2.45 bits per heavy atom. The van der Waals surface area contributed by atoms with Gasteiger partial charge in [0, 0.05) is 35.9 Å². The van der Waals surface area contributed by atoms with E-state index in [4.69, 9.17) is 11.6 Å². The van der Waals surface area contributed by atoms with Crippen LogP contribution in [-0.4, -0.2) is 34.9 Å². The molecule has 5 nitrogen and oxygen atoms in total. The fourth-order valence-corrected chi connectivity index (χ4v) is 4.42. The average molecular weight is 453 g/mol. The van der Waals surface area contributed by atoms with E-state index in [0.29, 0.717) is 11.6 Å². The van der Waals surface area contributed by atoms with Gasteiger partial charge < -0.3 is 10.2 Å². The Bertz CT molecular complexity index is 1000. The third-order valence-corrected chi connectivity index (χ3v) is 6.60. The van der Waals surface area contributed by atoms with Crippen molar-refractivity contribution in [2.24, 2.45) is 0 Å². The van der Waals surface area contributed by atoms with Crippen LogP contribution in [0.5, 0.6) is 0 Å². The third kappa shape index (κ3) is 5.99. The molecule has 0 aliphatic carbocycles. The largest absolute Gasteiger partial charge is 0.372 e. The summed E-state index contributed by atoms with van der Waals surface area (Å²) in [5, 5.41) is 12.9. The predicted octanol–water partition coefficient (Wildman–Crippen LogP) is 5.20. The molecule has 1 aromatic heterocycles. The molecule has 2 heterocycles. The minimum atomic E-state index is -0.0657. The van der Waals surface area contributed by atoms with Gasteiger partial charge in [-0.25, -0.2) is 0 Å². The Labute approximate surface area is 192 Å². The standard InChI is InChI=1S/C24H25ClN4OS/c25-21-7-3-2-6-19(21)16-26-23(30)17-31-24-13-12-22(27-28-24)18-8-10-20(11-9-18)29-14-4-1-5-15-29/h2-3,6-13H,1,4-5,14-17H2,(H,26,30). The van der Waals surface area contributed by atoms with Crippen LogP contribution in [0.4, 0.5) is 5.69 Å². The summed E-state index contributed by atoms with van der Waals surface area (Å²) in [5.74, 6) is 0.215.